The van der Waals surface area contributed by atoms with E-state index < -0.39 is 9.53 Å². The van der Waals surface area contributed by atoms with Crippen LogP contribution in [0.3, 0.4) is 0 Å². The van der Waals surface area contributed by atoms with Crippen molar-refractivity contribution in [1.29, 1.82) is 0 Å². The molecule has 0 atom stereocenters. The van der Waals surface area contributed by atoms with Crippen molar-refractivity contribution in [2.45, 2.75) is 90.9 Å². The van der Waals surface area contributed by atoms with E-state index in [1.807, 2.05) is 0 Å². The summed E-state index contributed by atoms with van der Waals surface area (Å²) in [7, 11) is -2.17. The molecule has 0 spiro atoms. The average molecular weight is 361 g/mol. The zero-order chi connectivity index (χ0) is 17.7. The molecular formula is C19H40O4Si. The van der Waals surface area contributed by atoms with Gasteiger partial charge in [-0.1, -0.05) is 84.1 Å². The molecule has 0 aliphatic rings. The fourth-order valence-electron chi connectivity index (χ4n) is 2.37. The lowest BCUT2D eigenvalue weighted by molar-refractivity contribution is -0.231. The Kier molecular flexibility index (Phi) is 20.7. The molecule has 0 aromatic carbocycles. The van der Waals surface area contributed by atoms with E-state index in [0.717, 1.165) is 12.8 Å². The predicted octanol–water partition coefficient (Wildman–Crippen LogP) is 5.59. The monoisotopic (exact) mass is 360 g/mol. The maximum Gasteiger partial charge on any atom is 0.513 e. The summed E-state index contributed by atoms with van der Waals surface area (Å²) in [6.07, 6.45) is 16.7. The zero-order valence-corrected chi connectivity index (χ0v) is 17.3. The van der Waals surface area contributed by atoms with Crippen LogP contribution in [-0.4, -0.2) is 29.3 Å². The molecule has 0 aliphatic heterocycles. The molecule has 144 valence electrons. The zero-order valence-electron chi connectivity index (χ0n) is 16.1. The van der Waals surface area contributed by atoms with Crippen LogP contribution in [-0.2, 0) is 18.3 Å². The SMILES string of the molecule is C=CCOO[SiH](OCCCCCCCC)OCCCCCCCC. The molecule has 0 fully saturated rings. The van der Waals surface area contributed by atoms with Crippen LogP contribution in [0.5, 0.6) is 0 Å². The van der Waals surface area contributed by atoms with Gasteiger partial charge in [-0.05, 0) is 12.8 Å². The van der Waals surface area contributed by atoms with Crippen molar-refractivity contribution in [1.82, 2.24) is 0 Å². The third-order valence-electron chi connectivity index (χ3n) is 3.84. The Balaban J connectivity index is 3.66. The largest absolute Gasteiger partial charge is 0.513 e. The molecule has 0 radical (unpaired) electrons. The maximum absolute atomic E-state index is 5.78. The Labute approximate surface area is 151 Å². The summed E-state index contributed by atoms with van der Waals surface area (Å²) in [6, 6.07) is 0. The molecular weight excluding hydrogens is 320 g/mol. The molecule has 0 saturated heterocycles. The molecule has 4 nitrogen and oxygen atoms in total. The van der Waals surface area contributed by atoms with Crippen molar-refractivity contribution >= 4 is 9.53 Å². The Morgan fingerprint density at radius 2 is 1.17 bits per heavy atom. The average Bonchev–Trinajstić information content (AvgIpc) is 2.59. The van der Waals surface area contributed by atoms with E-state index in [1.54, 1.807) is 6.08 Å². The summed E-state index contributed by atoms with van der Waals surface area (Å²) in [5.74, 6) is 0. The van der Waals surface area contributed by atoms with Gasteiger partial charge in [-0.25, -0.2) is 9.46 Å². The summed E-state index contributed by atoms with van der Waals surface area (Å²) < 4.78 is 16.8. The van der Waals surface area contributed by atoms with Gasteiger partial charge in [0.25, 0.3) is 0 Å². The van der Waals surface area contributed by atoms with E-state index in [4.69, 9.17) is 18.3 Å². The molecule has 0 saturated carbocycles. The minimum atomic E-state index is -2.17. The first-order chi connectivity index (χ1) is 11.8. The van der Waals surface area contributed by atoms with Gasteiger partial charge in [0.2, 0.25) is 0 Å². The second-order valence-corrected chi connectivity index (χ2v) is 7.67. The smallest absolute Gasteiger partial charge is 0.375 e. The standard InChI is InChI=1S/C19H40O4Si/c1-4-7-9-11-13-15-18-21-24(23-20-17-6-3)22-19-16-14-12-10-8-5-2/h6,24H,3-5,7-19H2,1-2H3. The summed E-state index contributed by atoms with van der Waals surface area (Å²) in [6.45, 7) is 9.86. The highest BCUT2D eigenvalue weighted by Gasteiger charge is 2.16. The van der Waals surface area contributed by atoms with Gasteiger partial charge in [-0.2, -0.15) is 0 Å². The van der Waals surface area contributed by atoms with Crippen molar-refractivity contribution in [3.63, 3.8) is 0 Å². The van der Waals surface area contributed by atoms with Gasteiger partial charge >= 0.3 is 9.53 Å². The summed E-state index contributed by atoms with van der Waals surface area (Å²) >= 11 is 0. The molecule has 0 aromatic heterocycles. The lowest BCUT2D eigenvalue weighted by Crippen LogP contribution is -2.28. The molecule has 0 bridgehead atoms. The van der Waals surface area contributed by atoms with Crippen LogP contribution >= 0.6 is 0 Å². The van der Waals surface area contributed by atoms with Gasteiger partial charge in [-0.15, -0.1) is 6.58 Å². The Morgan fingerprint density at radius 3 is 1.62 bits per heavy atom. The summed E-state index contributed by atoms with van der Waals surface area (Å²) in [4.78, 5) is 5.06. The maximum atomic E-state index is 5.78. The predicted molar refractivity (Wildman–Crippen MR) is 103 cm³/mol. The normalized spacial score (nSPS) is 11.3. The first kappa shape index (κ1) is 23.8. The Bertz CT molecular complexity index is 234. The highest BCUT2D eigenvalue weighted by atomic mass is 28.3. The van der Waals surface area contributed by atoms with Gasteiger partial charge in [0, 0.05) is 13.2 Å². The molecule has 0 unspecified atom stereocenters. The number of rotatable bonds is 20. The van der Waals surface area contributed by atoms with Gasteiger partial charge in [0.05, 0.1) is 6.61 Å². The molecule has 0 aliphatic carbocycles. The van der Waals surface area contributed by atoms with E-state index in [9.17, 15) is 0 Å². The fourth-order valence-corrected chi connectivity index (χ4v) is 3.49. The van der Waals surface area contributed by atoms with E-state index in [2.05, 4.69) is 20.4 Å². The van der Waals surface area contributed by atoms with Crippen LogP contribution in [0.15, 0.2) is 12.7 Å². The fraction of sp³-hybridized carbons (Fsp3) is 0.895. The van der Waals surface area contributed by atoms with Crippen LogP contribution in [0.2, 0.25) is 0 Å². The quantitative estimate of drug-likeness (QED) is 0.0932. The van der Waals surface area contributed by atoms with Crippen molar-refractivity contribution in [3.05, 3.63) is 12.7 Å². The minimum Gasteiger partial charge on any atom is -0.375 e. The van der Waals surface area contributed by atoms with E-state index in [0.29, 0.717) is 19.8 Å². The van der Waals surface area contributed by atoms with Crippen molar-refractivity contribution < 1.29 is 18.3 Å². The van der Waals surface area contributed by atoms with Crippen LogP contribution in [0, 0.1) is 0 Å². The summed E-state index contributed by atoms with van der Waals surface area (Å²) in [5.41, 5.74) is 0. The van der Waals surface area contributed by atoms with E-state index >= 15 is 0 Å². The molecule has 0 N–H and O–H groups in total. The first-order valence-corrected chi connectivity index (χ1v) is 11.4. The van der Waals surface area contributed by atoms with Crippen molar-refractivity contribution in [3.8, 4) is 0 Å². The second-order valence-electron chi connectivity index (χ2n) is 6.24. The number of unbranched alkanes of at least 4 members (excludes halogenated alkanes) is 10. The minimum absolute atomic E-state index is 0.365. The second kappa shape index (κ2) is 20.8. The highest BCUT2D eigenvalue weighted by Crippen LogP contribution is 2.08. The lowest BCUT2D eigenvalue weighted by Gasteiger charge is -2.15. The topological polar surface area (TPSA) is 36.9 Å². The van der Waals surface area contributed by atoms with Crippen LogP contribution < -0.4 is 0 Å². The van der Waals surface area contributed by atoms with Crippen LogP contribution in [0.1, 0.15) is 90.9 Å². The Hall–Kier alpha value is -0.203. The van der Waals surface area contributed by atoms with Crippen molar-refractivity contribution in [2.75, 3.05) is 19.8 Å². The van der Waals surface area contributed by atoms with Gasteiger partial charge in [0.1, 0.15) is 0 Å². The third kappa shape index (κ3) is 18.1. The third-order valence-corrected chi connectivity index (χ3v) is 5.15. The first-order valence-electron chi connectivity index (χ1n) is 9.97. The molecule has 5 heteroatoms. The Morgan fingerprint density at radius 1 is 0.708 bits per heavy atom. The van der Waals surface area contributed by atoms with Crippen molar-refractivity contribution in [2.24, 2.45) is 0 Å². The van der Waals surface area contributed by atoms with Crippen LogP contribution in [0.4, 0.5) is 0 Å². The van der Waals surface area contributed by atoms with E-state index in [1.165, 1.54) is 64.2 Å². The van der Waals surface area contributed by atoms with Gasteiger partial charge in [-0.3, -0.25) is 0 Å². The number of hydrogen-bond acceptors (Lipinski definition) is 4. The highest BCUT2D eigenvalue weighted by molar-refractivity contribution is 6.35. The lowest BCUT2D eigenvalue weighted by atomic mass is 10.1. The van der Waals surface area contributed by atoms with E-state index in [-0.39, 0.29) is 0 Å². The molecule has 0 heterocycles. The summed E-state index contributed by atoms with van der Waals surface area (Å²) in [5, 5.41) is 0. The molecule has 24 heavy (non-hydrogen) atoms. The molecule has 0 aromatic rings. The van der Waals surface area contributed by atoms with Crippen LogP contribution in [0.25, 0.3) is 0 Å². The molecule has 0 amide bonds. The van der Waals surface area contributed by atoms with Gasteiger partial charge in [0.15, 0.2) is 0 Å². The molecule has 0 rings (SSSR count). The number of hydrogen-bond donors (Lipinski definition) is 0. The van der Waals surface area contributed by atoms with Gasteiger partial charge < -0.3 is 8.85 Å².